The molecule has 1 saturated heterocycles. The summed E-state index contributed by atoms with van der Waals surface area (Å²) in [6.45, 7) is 2.07. The van der Waals surface area contributed by atoms with E-state index in [0.717, 1.165) is 11.4 Å². The summed E-state index contributed by atoms with van der Waals surface area (Å²) >= 11 is 0. The molecule has 9 heteroatoms. The topological polar surface area (TPSA) is 61.5 Å². The normalized spacial score (nSPS) is 15.4. The number of rotatable bonds is 3. The molecule has 3 rings (SSSR count). The van der Waals surface area contributed by atoms with Crippen LogP contribution in [0.2, 0.25) is 0 Å². The van der Waals surface area contributed by atoms with Crippen molar-refractivity contribution in [2.75, 3.05) is 43.1 Å². The van der Waals surface area contributed by atoms with Gasteiger partial charge in [-0.1, -0.05) is 6.07 Å². The molecule has 0 atom stereocenters. The predicted molar refractivity (Wildman–Crippen MR) is 87.3 cm³/mol. The van der Waals surface area contributed by atoms with E-state index >= 15 is 0 Å². The molecular formula is C16H17F3N4O2. The highest BCUT2D eigenvalue weighted by Gasteiger charge is 2.34. The third-order valence-electron chi connectivity index (χ3n) is 4.02. The lowest BCUT2D eigenvalue weighted by Crippen LogP contribution is -2.47. The second-order valence-corrected chi connectivity index (χ2v) is 5.63. The van der Waals surface area contributed by atoms with Crippen molar-refractivity contribution in [1.29, 1.82) is 0 Å². The van der Waals surface area contributed by atoms with Gasteiger partial charge in [0.25, 0.3) is 5.56 Å². The van der Waals surface area contributed by atoms with Gasteiger partial charge in [-0.2, -0.15) is 13.2 Å². The zero-order valence-electron chi connectivity index (χ0n) is 13.5. The molecule has 1 N–H and O–H groups in total. The van der Waals surface area contributed by atoms with E-state index in [9.17, 15) is 18.0 Å². The van der Waals surface area contributed by atoms with E-state index in [1.165, 1.54) is 0 Å². The van der Waals surface area contributed by atoms with Gasteiger partial charge in [0.15, 0.2) is 5.69 Å². The summed E-state index contributed by atoms with van der Waals surface area (Å²) in [6, 6.07) is 8.04. The molecule has 0 unspecified atom stereocenters. The number of H-pyrrole nitrogens is 1. The minimum atomic E-state index is -4.65. The van der Waals surface area contributed by atoms with Gasteiger partial charge in [-0.3, -0.25) is 9.78 Å². The Bertz CT molecular complexity index is 798. The maximum absolute atomic E-state index is 12.8. The summed E-state index contributed by atoms with van der Waals surface area (Å²) < 4.78 is 43.6. The molecule has 0 radical (unpaired) electrons. The fourth-order valence-corrected chi connectivity index (χ4v) is 2.72. The zero-order chi connectivity index (χ0) is 18.0. The molecule has 2 aromatic rings. The summed E-state index contributed by atoms with van der Waals surface area (Å²) in [5.41, 5.74) is -1.02. The van der Waals surface area contributed by atoms with Gasteiger partial charge in [-0.25, -0.2) is 4.98 Å². The molecule has 0 saturated carbocycles. The van der Waals surface area contributed by atoms with Crippen molar-refractivity contribution in [3.8, 4) is 5.75 Å². The first-order valence-electron chi connectivity index (χ1n) is 7.69. The monoisotopic (exact) mass is 354 g/mol. The van der Waals surface area contributed by atoms with Crippen LogP contribution in [-0.4, -0.2) is 43.3 Å². The molecule has 2 heterocycles. The van der Waals surface area contributed by atoms with Crippen LogP contribution in [0.15, 0.2) is 35.1 Å². The summed E-state index contributed by atoms with van der Waals surface area (Å²) in [7, 11) is 1.59. The van der Waals surface area contributed by atoms with Gasteiger partial charge in [0.05, 0.1) is 7.11 Å². The number of alkyl halides is 3. The average molecular weight is 354 g/mol. The molecule has 1 aromatic heterocycles. The Hall–Kier alpha value is -2.71. The maximum atomic E-state index is 12.8. The summed E-state index contributed by atoms with van der Waals surface area (Å²) in [5.74, 6) is 0.689. The van der Waals surface area contributed by atoms with Crippen molar-refractivity contribution in [1.82, 2.24) is 9.97 Å². The van der Waals surface area contributed by atoms with Gasteiger partial charge in [0.1, 0.15) is 5.75 Å². The fraction of sp³-hybridized carbons (Fsp3) is 0.375. The third-order valence-corrected chi connectivity index (χ3v) is 4.02. The Kier molecular flexibility index (Phi) is 4.56. The van der Waals surface area contributed by atoms with Crippen molar-refractivity contribution < 1.29 is 17.9 Å². The molecule has 1 aliphatic rings. The number of aromatic amines is 1. The molecule has 0 aliphatic carbocycles. The molecule has 134 valence electrons. The number of nitrogens with one attached hydrogen (secondary N) is 1. The second-order valence-electron chi connectivity index (χ2n) is 5.63. The Morgan fingerprint density at radius 3 is 2.44 bits per heavy atom. The number of methoxy groups -OCH3 is 1. The van der Waals surface area contributed by atoms with Crippen molar-refractivity contribution in [3.63, 3.8) is 0 Å². The van der Waals surface area contributed by atoms with Crippen LogP contribution in [0.4, 0.5) is 24.8 Å². The highest BCUT2D eigenvalue weighted by molar-refractivity contribution is 5.52. The van der Waals surface area contributed by atoms with Gasteiger partial charge < -0.3 is 14.5 Å². The predicted octanol–water partition coefficient (Wildman–Crippen LogP) is 2.12. The van der Waals surface area contributed by atoms with Gasteiger partial charge in [0, 0.05) is 44.0 Å². The van der Waals surface area contributed by atoms with E-state index in [2.05, 4.69) is 14.9 Å². The van der Waals surface area contributed by atoms with Crippen molar-refractivity contribution in [2.24, 2.45) is 0 Å². The number of hydrogen-bond acceptors (Lipinski definition) is 5. The van der Waals surface area contributed by atoms with Crippen LogP contribution in [0.3, 0.4) is 0 Å². The Morgan fingerprint density at radius 1 is 1.12 bits per heavy atom. The van der Waals surface area contributed by atoms with Crippen LogP contribution in [0.5, 0.6) is 5.75 Å². The number of nitrogens with zero attached hydrogens (tertiary/aromatic N) is 3. The molecule has 1 fully saturated rings. The van der Waals surface area contributed by atoms with Crippen LogP contribution < -0.4 is 20.1 Å². The van der Waals surface area contributed by atoms with E-state index in [-0.39, 0.29) is 5.95 Å². The summed E-state index contributed by atoms with van der Waals surface area (Å²) in [5, 5.41) is 0. The number of benzene rings is 1. The maximum Gasteiger partial charge on any atom is 0.433 e. The second kappa shape index (κ2) is 6.66. The van der Waals surface area contributed by atoms with Crippen molar-refractivity contribution in [3.05, 3.63) is 46.4 Å². The van der Waals surface area contributed by atoms with E-state index in [0.29, 0.717) is 32.2 Å². The third kappa shape index (κ3) is 3.86. The van der Waals surface area contributed by atoms with Crippen LogP contribution in [-0.2, 0) is 6.18 Å². The van der Waals surface area contributed by atoms with E-state index < -0.39 is 17.4 Å². The van der Waals surface area contributed by atoms with E-state index in [1.54, 1.807) is 12.0 Å². The Labute approximate surface area is 141 Å². The van der Waals surface area contributed by atoms with Gasteiger partial charge in [-0.15, -0.1) is 0 Å². The number of halogens is 3. The smallest absolute Gasteiger partial charge is 0.433 e. The number of anilines is 2. The molecule has 1 aromatic carbocycles. The van der Waals surface area contributed by atoms with E-state index in [1.807, 2.05) is 24.3 Å². The van der Waals surface area contributed by atoms with E-state index in [4.69, 9.17) is 4.74 Å². The highest BCUT2D eigenvalue weighted by atomic mass is 19.4. The van der Waals surface area contributed by atoms with Crippen molar-refractivity contribution >= 4 is 11.6 Å². The SMILES string of the molecule is COc1cccc(N2CCN(c3nc(C(F)(F)F)cc(=O)[nH]3)CC2)c1. The van der Waals surface area contributed by atoms with Crippen molar-refractivity contribution in [2.45, 2.75) is 6.18 Å². The molecular weight excluding hydrogens is 337 g/mol. The average Bonchev–Trinajstić information content (AvgIpc) is 2.60. The molecule has 0 amide bonds. The van der Waals surface area contributed by atoms with Crippen LogP contribution in [0.25, 0.3) is 0 Å². The lowest BCUT2D eigenvalue weighted by Gasteiger charge is -2.36. The largest absolute Gasteiger partial charge is 0.497 e. The van der Waals surface area contributed by atoms with Crippen LogP contribution in [0.1, 0.15) is 5.69 Å². The quantitative estimate of drug-likeness (QED) is 0.915. The number of ether oxygens (including phenoxy) is 1. The molecule has 1 aliphatic heterocycles. The first-order chi connectivity index (χ1) is 11.9. The molecule has 0 spiro atoms. The standard InChI is InChI=1S/C16H17F3N4O2/c1-25-12-4-2-3-11(9-12)22-5-7-23(8-6-22)15-20-13(16(17,18)19)10-14(24)21-15/h2-4,9-10H,5-8H2,1H3,(H,20,21,24). The van der Waals surface area contributed by atoms with Crippen LogP contribution in [0, 0.1) is 0 Å². The molecule has 0 bridgehead atoms. The summed E-state index contributed by atoms with van der Waals surface area (Å²) in [6.07, 6.45) is -4.65. The minimum Gasteiger partial charge on any atom is -0.497 e. The number of hydrogen-bond donors (Lipinski definition) is 1. The Morgan fingerprint density at radius 2 is 1.80 bits per heavy atom. The molecule has 6 nitrogen and oxygen atoms in total. The van der Waals surface area contributed by atoms with Crippen LogP contribution >= 0.6 is 0 Å². The highest BCUT2D eigenvalue weighted by Crippen LogP contribution is 2.28. The number of aromatic nitrogens is 2. The first-order valence-corrected chi connectivity index (χ1v) is 7.69. The summed E-state index contributed by atoms with van der Waals surface area (Å²) in [4.78, 5) is 21.2. The van der Waals surface area contributed by atoms with Gasteiger partial charge in [0.2, 0.25) is 5.95 Å². The van der Waals surface area contributed by atoms with Gasteiger partial charge >= 0.3 is 6.18 Å². The number of piperazine rings is 1. The lowest BCUT2D eigenvalue weighted by molar-refractivity contribution is -0.141. The lowest BCUT2D eigenvalue weighted by atomic mass is 10.2. The zero-order valence-corrected chi connectivity index (χ0v) is 13.5. The first kappa shape index (κ1) is 17.1. The van der Waals surface area contributed by atoms with Gasteiger partial charge in [-0.05, 0) is 12.1 Å². The Balaban J connectivity index is 1.74. The fourth-order valence-electron chi connectivity index (χ4n) is 2.72. The molecule has 25 heavy (non-hydrogen) atoms. The minimum absolute atomic E-state index is 0.0508.